The molecule has 1 amide bonds. The molecule has 3 fully saturated rings. The molecule has 1 saturated heterocycles. The maximum absolute atomic E-state index is 13.0. The molecule has 0 spiro atoms. The molecule has 2 aromatic heterocycles. The zero-order chi connectivity index (χ0) is 16.3. The number of thioether (sulfide) groups is 1. The van der Waals surface area contributed by atoms with Crippen molar-refractivity contribution in [2.75, 3.05) is 18.2 Å². The van der Waals surface area contributed by atoms with Crippen LogP contribution in [-0.4, -0.2) is 43.7 Å². The van der Waals surface area contributed by atoms with E-state index in [1.54, 1.807) is 0 Å². The molecule has 126 valence electrons. The quantitative estimate of drug-likeness (QED) is 0.854. The topological polar surface area (TPSA) is 51.0 Å². The lowest BCUT2D eigenvalue weighted by atomic mass is 10.1. The van der Waals surface area contributed by atoms with Crippen molar-refractivity contribution in [3.8, 4) is 0 Å². The number of rotatable bonds is 4. The molecule has 2 aliphatic carbocycles. The van der Waals surface area contributed by atoms with Gasteiger partial charge in [0.05, 0.1) is 29.1 Å². The predicted octanol–water partition coefficient (Wildman–Crippen LogP) is 3.43. The van der Waals surface area contributed by atoms with Crippen molar-refractivity contribution >= 4 is 28.7 Å². The molecule has 0 radical (unpaired) electrons. The molecule has 3 aliphatic rings. The molecule has 6 heteroatoms. The summed E-state index contributed by atoms with van der Waals surface area (Å²) in [5.41, 5.74) is 2.80. The second-order valence-electron chi connectivity index (χ2n) is 7.38. The summed E-state index contributed by atoms with van der Waals surface area (Å²) < 4.78 is 2.06. The van der Waals surface area contributed by atoms with Gasteiger partial charge in [-0.05, 0) is 44.6 Å². The van der Waals surface area contributed by atoms with Crippen LogP contribution in [0, 0.1) is 5.92 Å². The van der Waals surface area contributed by atoms with E-state index in [1.807, 2.05) is 28.9 Å². The van der Waals surface area contributed by atoms with Crippen LogP contribution in [0.5, 0.6) is 0 Å². The van der Waals surface area contributed by atoms with Gasteiger partial charge in [-0.25, -0.2) is 9.67 Å². The van der Waals surface area contributed by atoms with Crippen molar-refractivity contribution in [1.82, 2.24) is 19.7 Å². The zero-order valence-corrected chi connectivity index (χ0v) is 14.8. The first kappa shape index (κ1) is 14.8. The minimum absolute atomic E-state index is 0.146. The fourth-order valence-corrected chi connectivity index (χ4v) is 4.57. The molecule has 0 unspecified atom stereocenters. The Kier molecular flexibility index (Phi) is 3.37. The summed E-state index contributed by atoms with van der Waals surface area (Å²) >= 11 is 1.82. The maximum atomic E-state index is 13.0. The van der Waals surface area contributed by atoms with E-state index in [1.165, 1.54) is 25.7 Å². The van der Waals surface area contributed by atoms with Gasteiger partial charge >= 0.3 is 0 Å². The van der Waals surface area contributed by atoms with Crippen molar-refractivity contribution in [2.24, 2.45) is 5.92 Å². The van der Waals surface area contributed by atoms with Crippen molar-refractivity contribution in [3.63, 3.8) is 0 Å². The summed E-state index contributed by atoms with van der Waals surface area (Å²) in [6.45, 7) is 3.08. The molecule has 5 nitrogen and oxygen atoms in total. The first-order chi connectivity index (χ1) is 11.7. The predicted molar refractivity (Wildman–Crippen MR) is 95.3 cm³/mol. The molecule has 3 heterocycles. The Morgan fingerprint density at radius 1 is 1.33 bits per heavy atom. The number of hydrogen-bond donors (Lipinski definition) is 0. The highest BCUT2D eigenvalue weighted by Gasteiger charge is 2.33. The third kappa shape index (κ3) is 2.42. The Bertz CT molecular complexity index is 803. The summed E-state index contributed by atoms with van der Waals surface area (Å²) in [6, 6.07) is 2.41. The summed E-state index contributed by atoms with van der Waals surface area (Å²) in [6.07, 6.45) is 6.80. The number of hydrogen-bond acceptors (Lipinski definition) is 4. The van der Waals surface area contributed by atoms with Crippen LogP contribution in [0.2, 0.25) is 0 Å². The van der Waals surface area contributed by atoms with Gasteiger partial charge in [-0.2, -0.15) is 5.10 Å². The average molecular weight is 342 g/mol. The number of fused-ring (bicyclic) bond motifs is 1. The lowest BCUT2D eigenvalue weighted by Crippen LogP contribution is -2.28. The SMILES string of the molecule is C[C@@H](C1CC1)n1ncc2c(C(=O)N3CCSC3)cc(C3CC3)nc21. The van der Waals surface area contributed by atoms with Crippen LogP contribution in [0.25, 0.3) is 11.0 Å². The lowest BCUT2D eigenvalue weighted by molar-refractivity contribution is 0.0804. The van der Waals surface area contributed by atoms with Gasteiger partial charge in [-0.3, -0.25) is 4.79 Å². The van der Waals surface area contributed by atoms with Gasteiger partial charge in [0.1, 0.15) is 0 Å². The molecule has 1 atom stereocenters. The van der Waals surface area contributed by atoms with E-state index in [-0.39, 0.29) is 5.91 Å². The second-order valence-corrected chi connectivity index (χ2v) is 8.45. The van der Waals surface area contributed by atoms with Crippen LogP contribution < -0.4 is 0 Å². The number of amides is 1. The zero-order valence-electron chi connectivity index (χ0n) is 13.9. The number of pyridine rings is 1. The summed E-state index contributed by atoms with van der Waals surface area (Å²) in [5.74, 6) is 3.23. The molecular weight excluding hydrogens is 320 g/mol. The van der Waals surface area contributed by atoms with Gasteiger partial charge < -0.3 is 4.90 Å². The van der Waals surface area contributed by atoms with Crippen LogP contribution in [0.15, 0.2) is 12.3 Å². The maximum Gasteiger partial charge on any atom is 0.255 e. The summed E-state index contributed by atoms with van der Waals surface area (Å²) in [7, 11) is 0. The highest BCUT2D eigenvalue weighted by molar-refractivity contribution is 7.99. The second kappa shape index (κ2) is 5.48. The molecule has 5 rings (SSSR count). The van der Waals surface area contributed by atoms with Crippen LogP contribution >= 0.6 is 11.8 Å². The van der Waals surface area contributed by atoms with E-state index in [2.05, 4.69) is 16.7 Å². The minimum atomic E-state index is 0.146. The molecule has 2 saturated carbocycles. The number of carbonyl (C=O) groups is 1. The van der Waals surface area contributed by atoms with E-state index >= 15 is 0 Å². The third-order valence-electron chi connectivity index (χ3n) is 5.54. The van der Waals surface area contributed by atoms with Gasteiger partial charge in [-0.1, -0.05) is 0 Å². The number of aromatic nitrogens is 3. The molecule has 2 aromatic rings. The largest absolute Gasteiger partial charge is 0.329 e. The average Bonchev–Trinajstić information content (AvgIpc) is 3.52. The lowest BCUT2D eigenvalue weighted by Gasteiger charge is -2.16. The summed E-state index contributed by atoms with van der Waals surface area (Å²) in [4.78, 5) is 19.9. The Morgan fingerprint density at radius 2 is 2.17 bits per heavy atom. The number of carbonyl (C=O) groups excluding carboxylic acids is 1. The molecule has 24 heavy (non-hydrogen) atoms. The molecule has 0 bridgehead atoms. The van der Waals surface area contributed by atoms with Gasteiger partial charge in [0.25, 0.3) is 5.91 Å². The van der Waals surface area contributed by atoms with E-state index in [0.717, 1.165) is 40.5 Å². The van der Waals surface area contributed by atoms with Crippen molar-refractivity contribution in [2.45, 2.75) is 44.6 Å². The first-order valence-electron chi connectivity index (χ1n) is 8.97. The molecular formula is C18H22N4OS. The monoisotopic (exact) mass is 342 g/mol. The first-order valence-corrected chi connectivity index (χ1v) is 10.1. The fraction of sp³-hybridized carbons (Fsp3) is 0.611. The fourth-order valence-electron chi connectivity index (χ4n) is 3.62. The number of nitrogens with zero attached hydrogens (tertiary/aromatic N) is 4. The van der Waals surface area contributed by atoms with E-state index < -0.39 is 0 Å². The summed E-state index contributed by atoms with van der Waals surface area (Å²) in [5, 5.41) is 5.55. The van der Waals surface area contributed by atoms with E-state index in [9.17, 15) is 4.79 Å². The highest BCUT2D eigenvalue weighted by atomic mass is 32.2. The molecule has 0 aromatic carbocycles. The smallest absolute Gasteiger partial charge is 0.255 e. The van der Waals surface area contributed by atoms with E-state index in [4.69, 9.17) is 4.98 Å². The normalized spacial score (nSPS) is 22.3. The standard InChI is InChI=1S/C18H22N4OS/c1-11(12-2-3-12)22-17-15(9-19-22)14(8-16(20-17)13-4-5-13)18(23)21-6-7-24-10-21/h8-9,11-13H,2-7,10H2,1H3/t11-/m0/s1. The third-order valence-corrected chi connectivity index (χ3v) is 6.51. The van der Waals surface area contributed by atoms with Crippen LogP contribution in [0.1, 0.15) is 60.6 Å². The minimum Gasteiger partial charge on any atom is -0.329 e. The highest BCUT2D eigenvalue weighted by Crippen LogP contribution is 2.42. The van der Waals surface area contributed by atoms with Crippen molar-refractivity contribution in [1.29, 1.82) is 0 Å². The van der Waals surface area contributed by atoms with Gasteiger partial charge in [0, 0.05) is 23.9 Å². The molecule has 0 N–H and O–H groups in total. The Hall–Kier alpha value is -1.56. The van der Waals surface area contributed by atoms with Crippen LogP contribution in [0.4, 0.5) is 0 Å². The van der Waals surface area contributed by atoms with Crippen molar-refractivity contribution < 1.29 is 4.79 Å². The van der Waals surface area contributed by atoms with Gasteiger partial charge in [-0.15, -0.1) is 11.8 Å². The van der Waals surface area contributed by atoms with E-state index in [0.29, 0.717) is 17.9 Å². The van der Waals surface area contributed by atoms with Gasteiger partial charge in [0.15, 0.2) is 5.65 Å². The Balaban J connectivity index is 1.63. The van der Waals surface area contributed by atoms with Crippen molar-refractivity contribution in [3.05, 3.63) is 23.5 Å². The molecule has 1 aliphatic heterocycles. The Labute approximate surface area is 145 Å². The van der Waals surface area contributed by atoms with Crippen LogP contribution in [0.3, 0.4) is 0 Å². The van der Waals surface area contributed by atoms with Gasteiger partial charge in [0.2, 0.25) is 0 Å². The Morgan fingerprint density at radius 3 is 2.83 bits per heavy atom. The van der Waals surface area contributed by atoms with Crippen LogP contribution in [-0.2, 0) is 0 Å².